The van der Waals surface area contributed by atoms with Gasteiger partial charge < -0.3 is 10.2 Å². The van der Waals surface area contributed by atoms with Gasteiger partial charge in [0.15, 0.2) is 0 Å². The standard InChI is InChI=1S/C22H27N3O4S/c1-2-30(28,29)24-18-13-11-17(12-14-18)21(26)23-20-10-6-5-9-19(20)22(27)25-15-7-3-4-8-16-25/h5-6,9-14,24H,2-4,7-8,15-16H2,1H3,(H,23,26). The monoisotopic (exact) mass is 429 g/mol. The lowest BCUT2D eigenvalue weighted by atomic mass is 10.1. The molecule has 7 nitrogen and oxygen atoms in total. The molecule has 1 heterocycles. The minimum atomic E-state index is -3.38. The summed E-state index contributed by atoms with van der Waals surface area (Å²) in [6.07, 6.45) is 4.25. The summed E-state index contributed by atoms with van der Waals surface area (Å²) in [5.41, 5.74) is 1.70. The first-order chi connectivity index (χ1) is 14.4. The van der Waals surface area contributed by atoms with Crippen LogP contribution in [0.5, 0.6) is 0 Å². The number of benzene rings is 2. The lowest BCUT2D eigenvalue weighted by Crippen LogP contribution is -2.32. The van der Waals surface area contributed by atoms with Crippen LogP contribution in [0.3, 0.4) is 0 Å². The van der Waals surface area contributed by atoms with Crippen molar-refractivity contribution in [1.29, 1.82) is 0 Å². The van der Waals surface area contributed by atoms with Gasteiger partial charge >= 0.3 is 0 Å². The Labute approximate surface area is 177 Å². The number of nitrogens with one attached hydrogen (secondary N) is 2. The van der Waals surface area contributed by atoms with E-state index in [-0.39, 0.29) is 17.6 Å². The van der Waals surface area contributed by atoms with E-state index in [2.05, 4.69) is 10.0 Å². The molecule has 3 rings (SSSR count). The molecule has 2 N–H and O–H groups in total. The summed E-state index contributed by atoms with van der Waals surface area (Å²) in [6.45, 7) is 3.01. The molecule has 0 aliphatic carbocycles. The summed E-state index contributed by atoms with van der Waals surface area (Å²) < 4.78 is 25.8. The number of hydrogen-bond acceptors (Lipinski definition) is 4. The third kappa shape index (κ3) is 5.60. The molecule has 1 aliphatic heterocycles. The molecule has 0 aromatic heterocycles. The maximum absolute atomic E-state index is 13.0. The highest BCUT2D eigenvalue weighted by Crippen LogP contribution is 2.21. The first-order valence-corrected chi connectivity index (χ1v) is 11.8. The van der Waals surface area contributed by atoms with Crippen LogP contribution in [0.4, 0.5) is 11.4 Å². The minimum Gasteiger partial charge on any atom is -0.339 e. The fraction of sp³-hybridized carbons (Fsp3) is 0.364. The SMILES string of the molecule is CCS(=O)(=O)Nc1ccc(C(=O)Nc2ccccc2C(=O)N2CCCCCC2)cc1. The number of sulfonamides is 1. The Bertz CT molecular complexity index is 995. The van der Waals surface area contributed by atoms with E-state index in [0.717, 1.165) is 38.8 Å². The number of nitrogens with zero attached hydrogens (tertiary/aromatic N) is 1. The lowest BCUT2D eigenvalue weighted by molar-refractivity contribution is 0.0762. The van der Waals surface area contributed by atoms with Crippen molar-refractivity contribution in [3.8, 4) is 0 Å². The summed E-state index contributed by atoms with van der Waals surface area (Å²) in [4.78, 5) is 27.6. The van der Waals surface area contributed by atoms with Crippen LogP contribution in [-0.2, 0) is 10.0 Å². The van der Waals surface area contributed by atoms with E-state index >= 15 is 0 Å². The molecular weight excluding hydrogens is 402 g/mol. The number of para-hydroxylation sites is 1. The molecule has 1 fully saturated rings. The largest absolute Gasteiger partial charge is 0.339 e. The average molecular weight is 430 g/mol. The van der Waals surface area contributed by atoms with Gasteiger partial charge in [0.2, 0.25) is 10.0 Å². The molecule has 0 saturated carbocycles. The van der Waals surface area contributed by atoms with Gasteiger partial charge in [-0.3, -0.25) is 14.3 Å². The lowest BCUT2D eigenvalue weighted by Gasteiger charge is -2.22. The van der Waals surface area contributed by atoms with Crippen LogP contribution >= 0.6 is 0 Å². The highest BCUT2D eigenvalue weighted by molar-refractivity contribution is 7.92. The van der Waals surface area contributed by atoms with Crippen LogP contribution in [-0.4, -0.2) is 44.0 Å². The molecule has 8 heteroatoms. The van der Waals surface area contributed by atoms with Crippen LogP contribution in [0.15, 0.2) is 48.5 Å². The third-order valence-electron chi connectivity index (χ3n) is 5.10. The molecule has 160 valence electrons. The quantitative estimate of drug-likeness (QED) is 0.732. The topological polar surface area (TPSA) is 95.6 Å². The Morgan fingerprint density at radius 2 is 1.57 bits per heavy atom. The molecular formula is C22H27N3O4S. The number of carbonyl (C=O) groups is 2. The number of carbonyl (C=O) groups excluding carboxylic acids is 2. The summed E-state index contributed by atoms with van der Waals surface area (Å²) in [7, 11) is -3.38. The fourth-order valence-electron chi connectivity index (χ4n) is 3.36. The van der Waals surface area contributed by atoms with Gasteiger partial charge in [-0.05, 0) is 56.2 Å². The van der Waals surface area contributed by atoms with Crippen molar-refractivity contribution in [2.45, 2.75) is 32.6 Å². The molecule has 1 aliphatic rings. The van der Waals surface area contributed by atoms with E-state index in [1.54, 1.807) is 43.3 Å². The fourth-order valence-corrected chi connectivity index (χ4v) is 4.00. The van der Waals surface area contributed by atoms with E-state index in [0.29, 0.717) is 22.5 Å². The zero-order valence-corrected chi connectivity index (χ0v) is 17.9. The highest BCUT2D eigenvalue weighted by Gasteiger charge is 2.21. The zero-order valence-electron chi connectivity index (χ0n) is 17.1. The van der Waals surface area contributed by atoms with E-state index in [1.807, 2.05) is 4.90 Å². The van der Waals surface area contributed by atoms with Crippen molar-refractivity contribution >= 4 is 33.2 Å². The van der Waals surface area contributed by atoms with Crippen molar-refractivity contribution in [2.75, 3.05) is 28.9 Å². The van der Waals surface area contributed by atoms with E-state index in [4.69, 9.17) is 0 Å². The molecule has 0 bridgehead atoms. The molecule has 0 unspecified atom stereocenters. The number of rotatable bonds is 6. The van der Waals surface area contributed by atoms with Crippen LogP contribution in [0, 0.1) is 0 Å². The molecule has 2 amide bonds. The second-order valence-corrected chi connectivity index (χ2v) is 9.30. The van der Waals surface area contributed by atoms with Gasteiger partial charge in [0.1, 0.15) is 0 Å². The van der Waals surface area contributed by atoms with E-state index < -0.39 is 10.0 Å². The van der Waals surface area contributed by atoms with E-state index in [9.17, 15) is 18.0 Å². The number of hydrogen-bond donors (Lipinski definition) is 2. The third-order valence-corrected chi connectivity index (χ3v) is 6.41. The Morgan fingerprint density at radius 1 is 0.933 bits per heavy atom. The van der Waals surface area contributed by atoms with Crippen LogP contribution in [0.25, 0.3) is 0 Å². The summed E-state index contributed by atoms with van der Waals surface area (Å²) in [5.74, 6) is -0.468. The Hall–Kier alpha value is -2.87. The molecule has 0 radical (unpaired) electrons. The van der Waals surface area contributed by atoms with Gasteiger partial charge in [-0.25, -0.2) is 8.42 Å². The molecule has 0 atom stereocenters. The summed E-state index contributed by atoms with van der Waals surface area (Å²) in [5, 5.41) is 2.82. The summed E-state index contributed by atoms with van der Waals surface area (Å²) in [6, 6.07) is 13.2. The average Bonchev–Trinajstić information content (AvgIpc) is 3.03. The van der Waals surface area contributed by atoms with Crippen molar-refractivity contribution in [2.24, 2.45) is 0 Å². The molecule has 1 saturated heterocycles. The molecule has 2 aromatic carbocycles. The normalized spacial score (nSPS) is 14.6. The molecule has 2 aromatic rings. The Morgan fingerprint density at radius 3 is 2.20 bits per heavy atom. The van der Waals surface area contributed by atoms with Crippen LogP contribution in [0.1, 0.15) is 53.3 Å². The molecule has 30 heavy (non-hydrogen) atoms. The minimum absolute atomic E-state index is 0.0307. The van der Waals surface area contributed by atoms with Gasteiger partial charge in [0.05, 0.1) is 17.0 Å². The van der Waals surface area contributed by atoms with Gasteiger partial charge in [0, 0.05) is 24.3 Å². The van der Waals surface area contributed by atoms with Crippen LogP contribution in [0.2, 0.25) is 0 Å². The van der Waals surface area contributed by atoms with E-state index in [1.165, 1.54) is 12.1 Å². The Kier molecular flexibility index (Phi) is 7.10. The maximum Gasteiger partial charge on any atom is 0.255 e. The van der Waals surface area contributed by atoms with Crippen molar-refractivity contribution in [3.05, 3.63) is 59.7 Å². The van der Waals surface area contributed by atoms with Gasteiger partial charge in [-0.1, -0.05) is 25.0 Å². The predicted octanol–water partition coefficient (Wildman–Crippen LogP) is 3.72. The Balaban J connectivity index is 1.73. The highest BCUT2D eigenvalue weighted by atomic mass is 32.2. The summed E-state index contributed by atoms with van der Waals surface area (Å²) >= 11 is 0. The first-order valence-electron chi connectivity index (χ1n) is 10.2. The van der Waals surface area contributed by atoms with Crippen LogP contribution < -0.4 is 10.0 Å². The zero-order chi connectivity index (χ0) is 21.6. The van der Waals surface area contributed by atoms with Gasteiger partial charge in [0.25, 0.3) is 11.8 Å². The first kappa shape index (κ1) is 21.8. The number of amides is 2. The molecule has 0 spiro atoms. The maximum atomic E-state index is 13.0. The van der Waals surface area contributed by atoms with Crippen molar-refractivity contribution in [3.63, 3.8) is 0 Å². The number of anilines is 2. The predicted molar refractivity (Wildman–Crippen MR) is 118 cm³/mol. The second-order valence-electron chi connectivity index (χ2n) is 7.29. The van der Waals surface area contributed by atoms with Crippen molar-refractivity contribution < 1.29 is 18.0 Å². The van der Waals surface area contributed by atoms with Gasteiger partial charge in [-0.15, -0.1) is 0 Å². The number of likely N-dealkylation sites (tertiary alicyclic amines) is 1. The smallest absolute Gasteiger partial charge is 0.255 e. The second kappa shape index (κ2) is 9.75. The van der Waals surface area contributed by atoms with Crippen molar-refractivity contribution in [1.82, 2.24) is 4.90 Å². The van der Waals surface area contributed by atoms with Gasteiger partial charge in [-0.2, -0.15) is 0 Å².